The number of hydrogen-bond acceptors (Lipinski definition) is 2. The lowest BCUT2D eigenvalue weighted by Gasteiger charge is -2.28. The average Bonchev–Trinajstić information content (AvgIpc) is 1.93. The van der Waals surface area contributed by atoms with Crippen LogP contribution < -0.4 is 11.1 Å². The Morgan fingerprint density at radius 3 is 2.18 bits per heavy atom. The van der Waals surface area contributed by atoms with Crippen LogP contribution in [0.25, 0.3) is 0 Å². The van der Waals surface area contributed by atoms with E-state index in [4.69, 9.17) is 5.73 Å². The van der Waals surface area contributed by atoms with Gasteiger partial charge in [-0.3, -0.25) is 0 Å². The molecule has 1 aliphatic rings. The normalized spacial score (nSPS) is 32.7. The Kier molecular flexibility index (Phi) is 3.34. The van der Waals surface area contributed by atoms with Crippen molar-refractivity contribution < 1.29 is 0 Å². The van der Waals surface area contributed by atoms with E-state index >= 15 is 0 Å². The quantitative estimate of drug-likeness (QED) is 0.631. The molecule has 0 atom stereocenters. The third kappa shape index (κ3) is 3.21. The number of nitrogens with two attached hydrogens (primary N) is 1. The van der Waals surface area contributed by atoms with Crippen molar-refractivity contribution in [1.29, 1.82) is 0 Å². The molecular formula is C9H20N2. The van der Waals surface area contributed by atoms with Crippen LogP contribution in [0.4, 0.5) is 0 Å². The number of nitrogens with one attached hydrogen (secondary N) is 1. The second-order valence-corrected chi connectivity index (χ2v) is 3.93. The maximum atomic E-state index is 5.80. The Morgan fingerprint density at radius 1 is 1.18 bits per heavy atom. The summed E-state index contributed by atoms with van der Waals surface area (Å²) < 4.78 is 0. The molecule has 0 aromatic heterocycles. The molecule has 0 aromatic carbocycles. The molecule has 0 aliphatic heterocycles. The lowest BCUT2D eigenvalue weighted by Crippen LogP contribution is -2.40. The first-order valence-corrected chi connectivity index (χ1v) is 4.70. The lowest BCUT2D eigenvalue weighted by molar-refractivity contribution is 0.326. The maximum absolute atomic E-state index is 5.80. The van der Waals surface area contributed by atoms with Gasteiger partial charge in [-0.2, -0.15) is 0 Å². The summed E-state index contributed by atoms with van der Waals surface area (Å²) in [5.41, 5.74) is 5.80. The second kappa shape index (κ2) is 4.07. The highest BCUT2D eigenvalue weighted by molar-refractivity contribution is 4.79. The summed E-state index contributed by atoms with van der Waals surface area (Å²) in [6, 6.07) is 1.82. The average molecular weight is 156 g/mol. The number of hydrogen-bond donors (Lipinski definition) is 2. The van der Waals surface area contributed by atoms with Gasteiger partial charge >= 0.3 is 0 Å². The van der Waals surface area contributed by atoms with Gasteiger partial charge < -0.3 is 11.1 Å². The van der Waals surface area contributed by atoms with E-state index in [-0.39, 0.29) is 0 Å². The van der Waals surface area contributed by atoms with E-state index in [1.165, 1.54) is 25.7 Å². The van der Waals surface area contributed by atoms with Crippen molar-refractivity contribution in [3.8, 4) is 0 Å². The van der Waals surface area contributed by atoms with Gasteiger partial charge in [0.15, 0.2) is 0 Å². The van der Waals surface area contributed by atoms with Gasteiger partial charge in [0.2, 0.25) is 0 Å². The largest absolute Gasteiger partial charge is 0.328 e. The summed E-state index contributed by atoms with van der Waals surface area (Å²) in [4.78, 5) is 0. The van der Waals surface area contributed by atoms with E-state index in [0.717, 1.165) is 6.04 Å². The molecule has 3 N–H and O–H groups in total. The molecule has 1 fully saturated rings. The molecule has 0 spiro atoms. The summed E-state index contributed by atoms with van der Waals surface area (Å²) in [5.74, 6) is 0. The van der Waals surface area contributed by atoms with Crippen molar-refractivity contribution in [1.82, 2.24) is 5.32 Å². The van der Waals surface area contributed by atoms with E-state index in [9.17, 15) is 0 Å². The fourth-order valence-corrected chi connectivity index (χ4v) is 1.76. The van der Waals surface area contributed by atoms with E-state index in [1.54, 1.807) is 0 Å². The van der Waals surface area contributed by atoms with Crippen molar-refractivity contribution in [3.63, 3.8) is 0 Å². The monoisotopic (exact) mass is 156 g/mol. The Morgan fingerprint density at radius 2 is 1.73 bits per heavy atom. The fraction of sp³-hybridized carbons (Fsp3) is 1.00. The topological polar surface area (TPSA) is 38.0 Å². The molecule has 2 heteroatoms. The molecule has 1 saturated carbocycles. The summed E-state index contributed by atoms with van der Waals surface area (Å²) in [6.45, 7) is 4.41. The second-order valence-electron chi connectivity index (χ2n) is 3.93. The molecule has 0 aromatic rings. The summed E-state index contributed by atoms with van der Waals surface area (Å²) in [5, 5.41) is 3.55. The minimum atomic E-state index is 0.472. The highest BCUT2D eigenvalue weighted by Crippen LogP contribution is 2.17. The van der Waals surface area contributed by atoms with E-state index in [2.05, 4.69) is 19.2 Å². The van der Waals surface area contributed by atoms with Crippen LogP contribution in [0.1, 0.15) is 39.5 Å². The van der Waals surface area contributed by atoms with Crippen LogP contribution >= 0.6 is 0 Å². The van der Waals surface area contributed by atoms with Gasteiger partial charge in [0.1, 0.15) is 0 Å². The first-order chi connectivity index (χ1) is 5.18. The zero-order valence-electron chi connectivity index (χ0n) is 7.64. The Labute approximate surface area is 69.5 Å². The molecule has 0 radical (unpaired) electrons. The van der Waals surface area contributed by atoms with Crippen LogP contribution in [-0.2, 0) is 0 Å². The molecule has 0 unspecified atom stereocenters. The molecule has 2 nitrogen and oxygen atoms in total. The van der Waals surface area contributed by atoms with Crippen molar-refractivity contribution in [3.05, 3.63) is 0 Å². The molecule has 0 saturated heterocycles. The van der Waals surface area contributed by atoms with Crippen molar-refractivity contribution in [2.45, 2.75) is 57.7 Å². The van der Waals surface area contributed by atoms with Gasteiger partial charge in [0, 0.05) is 18.1 Å². The molecular weight excluding hydrogens is 136 g/mol. The van der Waals surface area contributed by atoms with Crippen molar-refractivity contribution in [2.75, 3.05) is 0 Å². The third-order valence-corrected chi connectivity index (χ3v) is 2.34. The standard InChI is InChI=1S/C9H20N2/c1-7(2)11-9-5-3-8(10)4-6-9/h7-9,11H,3-6,10H2,1-2H3/t8-,9+. The molecule has 1 rings (SSSR count). The Balaban J connectivity index is 2.17. The van der Waals surface area contributed by atoms with E-state index < -0.39 is 0 Å². The first kappa shape index (κ1) is 9.01. The predicted octanol–water partition coefficient (Wildman–Crippen LogP) is 1.25. The lowest BCUT2D eigenvalue weighted by atomic mass is 9.91. The maximum Gasteiger partial charge on any atom is 0.00705 e. The summed E-state index contributed by atoms with van der Waals surface area (Å²) in [6.07, 6.45) is 4.92. The number of rotatable bonds is 2. The molecule has 0 heterocycles. The van der Waals surface area contributed by atoms with Gasteiger partial charge in [-0.05, 0) is 25.7 Å². The zero-order chi connectivity index (χ0) is 8.27. The van der Waals surface area contributed by atoms with Gasteiger partial charge in [0.05, 0.1) is 0 Å². The van der Waals surface area contributed by atoms with Gasteiger partial charge in [-0.1, -0.05) is 13.8 Å². The SMILES string of the molecule is CC(C)N[C@H]1CC[C@@H](N)CC1. The van der Waals surface area contributed by atoms with Gasteiger partial charge in [-0.25, -0.2) is 0 Å². The van der Waals surface area contributed by atoms with Gasteiger partial charge in [-0.15, -0.1) is 0 Å². The third-order valence-electron chi connectivity index (χ3n) is 2.34. The predicted molar refractivity (Wildman–Crippen MR) is 48.5 cm³/mol. The van der Waals surface area contributed by atoms with Crippen LogP contribution in [0.5, 0.6) is 0 Å². The van der Waals surface area contributed by atoms with Crippen LogP contribution in [0, 0.1) is 0 Å². The highest BCUT2D eigenvalue weighted by atomic mass is 14.9. The van der Waals surface area contributed by atoms with Crippen LogP contribution in [0.2, 0.25) is 0 Å². The van der Waals surface area contributed by atoms with Crippen LogP contribution in [0.3, 0.4) is 0 Å². The molecule has 11 heavy (non-hydrogen) atoms. The summed E-state index contributed by atoms with van der Waals surface area (Å²) in [7, 11) is 0. The molecule has 0 amide bonds. The smallest absolute Gasteiger partial charge is 0.00705 e. The van der Waals surface area contributed by atoms with Crippen LogP contribution in [-0.4, -0.2) is 18.1 Å². The minimum Gasteiger partial charge on any atom is -0.328 e. The highest BCUT2D eigenvalue weighted by Gasteiger charge is 2.18. The van der Waals surface area contributed by atoms with Crippen LogP contribution in [0.15, 0.2) is 0 Å². The minimum absolute atomic E-state index is 0.472. The van der Waals surface area contributed by atoms with Crippen molar-refractivity contribution in [2.24, 2.45) is 5.73 Å². The Hall–Kier alpha value is -0.0800. The molecule has 0 bridgehead atoms. The van der Waals surface area contributed by atoms with E-state index in [0.29, 0.717) is 12.1 Å². The Bertz CT molecular complexity index is 104. The van der Waals surface area contributed by atoms with Crippen molar-refractivity contribution >= 4 is 0 Å². The van der Waals surface area contributed by atoms with Gasteiger partial charge in [0.25, 0.3) is 0 Å². The fourth-order valence-electron chi connectivity index (χ4n) is 1.76. The first-order valence-electron chi connectivity index (χ1n) is 4.70. The van der Waals surface area contributed by atoms with E-state index in [1.807, 2.05) is 0 Å². The zero-order valence-corrected chi connectivity index (χ0v) is 7.64. The molecule has 66 valence electrons. The molecule has 1 aliphatic carbocycles. The summed E-state index contributed by atoms with van der Waals surface area (Å²) >= 11 is 0.